The van der Waals surface area contributed by atoms with E-state index in [1.54, 1.807) is 0 Å². The lowest BCUT2D eigenvalue weighted by molar-refractivity contribution is 0.166. The third-order valence-corrected chi connectivity index (χ3v) is 3.24. The quantitative estimate of drug-likeness (QED) is 0.692. The van der Waals surface area contributed by atoms with Crippen LogP contribution in [0.1, 0.15) is 31.4 Å². The summed E-state index contributed by atoms with van der Waals surface area (Å²) in [6, 6.07) is 5.75. The lowest BCUT2D eigenvalue weighted by Crippen LogP contribution is -2.30. The highest BCUT2D eigenvalue weighted by Gasteiger charge is 2.16. The molecule has 0 radical (unpaired) electrons. The molecule has 1 aromatic rings. The smallest absolute Gasteiger partial charge is 0.231 e. The van der Waals surface area contributed by atoms with Gasteiger partial charge in [-0.1, -0.05) is 6.07 Å². The topological polar surface area (TPSA) is 71.0 Å². The van der Waals surface area contributed by atoms with Crippen LogP contribution in [0.2, 0.25) is 0 Å². The van der Waals surface area contributed by atoms with E-state index in [4.69, 9.17) is 14.6 Å². The van der Waals surface area contributed by atoms with E-state index in [-0.39, 0.29) is 19.4 Å². The molecule has 0 amide bonds. The van der Waals surface area contributed by atoms with E-state index in [1.165, 1.54) is 0 Å². The van der Waals surface area contributed by atoms with Gasteiger partial charge in [0.15, 0.2) is 11.5 Å². The van der Waals surface area contributed by atoms with Crippen molar-refractivity contribution < 1.29 is 19.7 Å². The van der Waals surface area contributed by atoms with E-state index in [2.05, 4.69) is 5.32 Å². The Morgan fingerprint density at radius 2 is 2.11 bits per heavy atom. The molecule has 1 aliphatic heterocycles. The molecule has 19 heavy (non-hydrogen) atoms. The molecule has 1 aliphatic rings. The van der Waals surface area contributed by atoms with Crippen LogP contribution in [0.15, 0.2) is 18.2 Å². The van der Waals surface area contributed by atoms with E-state index >= 15 is 0 Å². The van der Waals surface area contributed by atoms with Gasteiger partial charge in [0.1, 0.15) is 0 Å². The van der Waals surface area contributed by atoms with Crippen molar-refractivity contribution in [3.63, 3.8) is 0 Å². The van der Waals surface area contributed by atoms with Crippen molar-refractivity contribution in [2.24, 2.45) is 0 Å². The molecule has 0 bridgehead atoms. The minimum atomic E-state index is -0.578. The van der Waals surface area contributed by atoms with E-state index < -0.39 is 6.10 Å². The molecular formula is C14H21NO4. The maximum atomic E-state index is 10.1. The Balaban J connectivity index is 1.84. The highest BCUT2D eigenvalue weighted by molar-refractivity contribution is 5.45. The van der Waals surface area contributed by atoms with Crippen LogP contribution in [0.5, 0.6) is 11.5 Å². The second kappa shape index (κ2) is 6.75. The van der Waals surface area contributed by atoms with Crippen LogP contribution in [0.25, 0.3) is 0 Å². The Kier molecular flexibility index (Phi) is 5.01. The number of fused-ring (bicyclic) bond motifs is 1. The molecule has 0 saturated heterocycles. The first-order chi connectivity index (χ1) is 9.20. The molecule has 3 N–H and O–H groups in total. The van der Waals surface area contributed by atoms with E-state index in [0.717, 1.165) is 24.2 Å². The number of benzene rings is 1. The van der Waals surface area contributed by atoms with Crippen LogP contribution in [0.3, 0.4) is 0 Å². The summed E-state index contributed by atoms with van der Waals surface area (Å²) in [5, 5.41) is 22.1. The van der Waals surface area contributed by atoms with Gasteiger partial charge in [-0.15, -0.1) is 0 Å². The van der Waals surface area contributed by atoms with Crippen LogP contribution < -0.4 is 14.8 Å². The van der Waals surface area contributed by atoms with Gasteiger partial charge in [0.05, 0.1) is 6.10 Å². The molecule has 0 spiro atoms. The van der Waals surface area contributed by atoms with Gasteiger partial charge in [0.25, 0.3) is 0 Å². The average Bonchev–Trinajstić information content (AvgIpc) is 2.89. The van der Waals surface area contributed by atoms with Crippen molar-refractivity contribution in [2.75, 3.05) is 19.9 Å². The van der Waals surface area contributed by atoms with Crippen molar-refractivity contribution in [1.82, 2.24) is 5.32 Å². The monoisotopic (exact) mass is 267 g/mol. The highest BCUT2D eigenvalue weighted by Crippen LogP contribution is 2.34. The summed E-state index contributed by atoms with van der Waals surface area (Å²) in [5.74, 6) is 1.41. The van der Waals surface area contributed by atoms with Gasteiger partial charge in [-0.05, 0) is 37.5 Å². The molecule has 0 aliphatic carbocycles. The van der Waals surface area contributed by atoms with Crippen molar-refractivity contribution in [1.29, 1.82) is 0 Å². The lowest BCUT2D eigenvalue weighted by atomic mass is 10.1. The minimum Gasteiger partial charge on any atom is -0.454 e. The molecule has 1 heterocycles. The molecule has 0 fully saturated rings. The zero-order valence-corrected chi connectivity index (χ0v) is 11.1. The second-order valence-electron chi connectivity index (χ2n) is 4.80. The number of hydrogen-bond acceptors (Lipinski definition) is 5. The van der Waals surface area contributed by atoms with Gasteiger partial charge in [0.2, 0.25) is 6.79 Å². The summed E-state index contributed by atoms with van der Waals surface area (Å²) in [6.07, 6.45) is 1.09. The van der Waals surface area contributed by atoms with E-state index in [1.807, 2.05) is 25.1 Å². The fourth-order valence-electron chi connectivity index (χ4n) is 2.05. The van der Waals surface area contributed by atoms with Gasteiger partial charge in [-0.25, -0.2) is 0 Å². The normalized spacial score (nSPS) is 16.4. The first-order valence-electron chi connectivity index (χ1n) is 6.62. The molecule has 0 saturated carbocycles. The van der Waals surface area contributed by atoms with Crippen LogP contribution in [-0.2, 0) is 0 Å². The lowest BCUT2D eigenvalue weighted by Gasteiger charge is -2.17. The van der Waals surface area contributed by atoms with Crippen molar-refractivity contribution in [2.45, 2.75) is 31.9 Å². The maximum Gasteiger partial charge on any atom is 0.231 e. The summed E-state index contributed by atoms with van der Waals surface area (Å²) >= 11 is 0. The van der Waals surface area contributed by atoms with Crippen LogP contribution in [-0.4, -0.2) is 36.2 Å². The Labute approximate surface area is 113 Å². The summed E-state index contributed by atoms with van der Waals surface area (Å²) < 4.78 is 10.5. The van der Waals surface area contributed by atoms with E-state index in [0.29, 0.717) is 12.3 Å². The van der Waals surface area contributed by atoms with E-state index in [9.17, 15) is 5.11 Å². The standard InChI is InChI=1S/C14H21NO4/c1-10(3-2-6-16)15-8-12(17)11-4-5-13-14(7-11)19-9-18-13/h4-5,7,10,12,15-17H,2-3,6,8-9H2,1H3. The maximum absolute atomic E-state index is 10.1. The first-order valence-corrected chi connectivity index (χ1v) is 6.62. The molecule has 2 rings (SSSR count). The van der Waals surface area contributed by atoms with Gasteiger partial charge in [-0.3, -0.25) is 0 Å². The SMILES string of the molecule is CC(CCCO)NCC(O)c1ccc2c(c1)OCO2. The average molecular weight is 267 g/mol. The van der Waals surface area contributed by atoms with Crippen molar-refractivity contribution in [3.8, 4) is 11.5 Å². The number of aliphatic hydroxyl groups is 2. The fourth-order valence-corrected chi connectivity index (χ4v) is 2.05. The molecule has 106 valence electrons. The third kappa shape index (κ3) is 3.83. The summed E-state index contributed by atoms with van der Waals surface area (Å²) in [4.78, 5) is 0. The predicted octanol–water partition coefficient (Wildman–Crippen LogP) is 1.20. The summed E-state index contributed by atoms with van der Waals surface area (Å²) in [6.45, 7) is 2.97. The largest absolute Gasteiger partial charge is 0.454 e. The Bertz CT molecular complexity index is 410. The number of rotatable bonds is 7. The number of hydrogen-bond donors (Lipinski definition) is 3. The zero-order chi connectivity index (χ0) is 13.7. The van der Waals surface area contributed by atoms with Crippen LogP contribution in [0.4, 0.5) is 0 Å². The molecule has 0 aromatic heterocycles. The molecule has 2 atom stereocenters. The number of aliphatic hydroxyl groups excluding tert-OH is 2. The van der Waals surface area contributed by atoms with Gasteiger partial charge < -0.3 is 25.0 Å². The van der Waals surface area contributed by atoms with Crippen molar-refractivity contribution >= 4 is 0 Å². The first kappa shape index (κ1) is 14.1. The van der Waals surface area contributed by atoms with Crippen LogP contribution >= 0.6 is 0 Å². The van der Waals surface area contributed by atoms with Gasteiger partial charge in [-0.2, -0.15) is 0 Å². The second-order valence-corrected chi connectivity index (χ2v) is 4.80. The third-order valence-electron chi connectivity index (χ3n) is 3.24. The van der Waals surface area contributed by atoms with Crippen molar-refractivity contribution in [3.05, 3.63) is 23.8 Å². The molecule has 2 unspecified atom stereocenters. The van der Waals surface area contributed by atoms with Crippen LogP contribution in [0, 0.1) is 0 Å². The Morgan fingerprint density at radius 1 is 1.32 bits per heavy atom. The summed E-state index contributed by atoms with van der Waals surface area (Å²) in [5.41, 5.74) is 0.811. The predicted molar refractivity (Wildman–Crippen MR) is 71.3 cm³/mol. The Hall–Kier alpha value is -1.30. The number of ether oxygens (including phenoxy) is 2. The van der Waals surface area contributed by atoms with Gasteiger partial charge in [0, 0.05) is 19.2 Å². The number of nitrogens with one attached hydrogen (secondary N) is 1. The molecule has 5 heteroatoms. The van der Waals surface area contributed by atoms with Gasteiger partial charge >= 0.3 is 0 Å². The molecule has 1 aromatic carbocycles. The highest BCUT2D eigenvalue weighted by atomic mass is 16.7. The molecule has 5 nitrogen and oxygen atoms in total. The fraction of sp³-hybridized carbons (Fsp3) is 0.571. The Morgan fingerprint density at radius 3 is 2.89 bits per heavy atom. The zero-order valence-electron chi connectivity index (χ0n) is 11.1. The summed E-state index contributed by atoms with van der Waals surface area (Å²) in [7, 11) is 0. The molecular weight excluding hydrogens is 246 g/mol. The minimum absolute atomic E-state index is 0.205.